The van der Waals surface area contributed by atoms with E-state index in [1.54, 1.807) is 7.05 Å². The van der Waals surface area contributed by atoms with E-state index in [0.717, 1.165) is 0 Å². The lowest BCUT2D eigenvalue weighted by Crippen LogP contribution is -2.43. The highest BCUT2D eigenvalue weighted by Crippen LogP contribution is 1.99. The summed E-state index contributed by atoms with van der Waals surface area (Å²) in [5.74, 6) is 1.17. The van der Waals surface area contributed by atoms with E-state index in [1.807, 2.05) is 7.05 Å². The maximum absolute atomic E-state index is 5.62. The van der Waals surface area contributed by atoms with Gasteiger partial charge in [-0.3, -0.25) is 4.99 Å². The molecule has 3 N–H and O–H groups in total. The lowest BCUT2D eigenvalue weighted by atomic mass is 10.0. The number of nitrogens with zero attached hydrogens (tertiary/aromatic N) is 1. The first-order valence-corrected chi connectivity index (χ1v) is 3.52. The fraction of sp³-hybridized carbons (Fsp3) is 0.857. The van der Waals surface area contributed by atoms with E-state index in [-0.39, 0.29) is 6.04 Å². The number of likely N-dealkylation sites (N-methyl/N-ethyl adjacent to an activating group) is 1. The minimum Gasteiger partial charge on any atom is -0.386 e. The van der Waals surface area contributed by atoms with Crippen LogP contribution in [0.1, 0.15) is 13.8 Å². The van der Waals surface area contributed by atoms with Crippen LogP contribution in [0, 0.1) is 5.92 Å². The highest BCUT2D eigenvalue weighted by atomic mass is 15.0. The largest absolute Gasteiger partial charge is 0.386 e. The summed E-state index contributed by atoms with van der Waals surface area (Å²) < 4.78 is 0. The molecule has 0 radical (unpaired) electrons. The van der Waals surface area contributed by atoms with Crippen molar-refractivity contribution in [3.8, 4) is 0 Å². The van der Waals surface area contributed by atoms with Crippen molar-refractivity contribution in [2.75, 3.05) is 14.1 Å². The average molecular weight is 143 g/mol. The van der Waals surface area contributed by atoms with Gasteiger partial charge in [0.15, 0.2) is 0 Å². The smallest absolute Gasteiger partial charge is 0.111 e. The molecule has 3 nitrogen and oxygen atoms in total. The van der Waals surface area contributed by atoms with Crippen molar-refractivity contribution in [1.29, 1.82) is 0 Å². The van der Waals surface area contributed by atoms with Crippen LogP contribution in [0.4, 0.5) is 0 Å². The molecule has 0 unspecified atom stereocenters. The predicted octanol–water partition coefficient (Wildman–Crippen LogP) is 0.217. The molecule has 0 aromatic heterocycles. The van der Waals surface area contributed by atoms with Gasteiger partial charge >= 0.3 is 0 Å². The van der Waals surface area contributed by atoms with Gasteiger partial charge in [0.2, 0.25) is 0 Å². The molecule has 0 saturated heterocycles. The summed E-state index contributed by atoms with van der Waals surface area (Å²) in [5, 5.41) is 3.10. The van der Waals surface area contributed by atoms with E-state index in [0.29, 0.717) is 11.8 Å². The molecule has 0 spiro atoms. The molecule has 0 aliphatic rings. The van der Waals surface area contributed by atoms with Crippen LogP contribution < -0.4 is 11.1 Å². The fourth-order valence-corrected chi connectivity index (χ4v) is 0.962. The summed E-state index contributed by atoms with van der Waals surface area (Å²) in [6.07, 6.45) is 0. The molecule has 0 bridgehead atoms. The molecule has 0 heterocycles. The van der Waals surface area contributed by atoms with Gasteiger partial charge < -0.3 is 11.1 Å². The Bertz CT molecular complexity index is 118. The first-order valence-electron chi connectivity index (χ1n) is 3.52. The topological polar surface area (TPSA) is 50.4 Å². The van der Waals surface area contributed by atoms with E-state index < -0.39 is 0 Å². The van der Waals surface area contributed by atoms with E-state index in [1.165, 1.54) is 0 Å². The lowest BCUT2D eigenvalue weighted by Gasteiger charge is -2.18. The highest BCUT2D eigenvalue weighted by molar-refractivity contribution is 5.85. The van der Waals surface area contributed by atoms with Crippen molar-refractivity contribution in [3.05, 3.63) is 0 Å². The Balaban J connectivity index is 4.07. The minimum atomic E-state index is 0.213. The van der Waals surface area contributed by atoms with Gasteiger partial charge in [0.25, 0.3) is 0 Å². The molecule has 0 aliphatic carbocycles. The molecule has 0 aromatic rings. The van der Waals surface area contributed by atoms with Crippen LogP contribution in [0.5, 0.6) is 0 Å². The van der Waals surface area contributed by atoms with Crippen LogP contribution in [0.3, 0.4) is 0 Å². The third kappa shape index (κ3) is 2.35. The number of amidine groups is 1. The minimum absolute atomic E-state index is 0.213. The van der Waals surface area contributed by atoms with Crippen LogP contribution in [0.25, 0.3) is 0 Å². The van der Waals surface area contributed by atoms with Crippen LogP contribution in [0.15, 0.2) is 4.99 Å². The van der Waals surface area contributed by atoms with E-state index in [4.69, 9.17) is 5.73 Å². The summed E-state index contributed by atoms with van der Waals surface area (Å²) in [5.41, 5.74) is 5.62. The second kappa shape index (κ2) is 4.28. The molecule has 3 heteroatoms. The molecular formula is C7H17N3. The Morgan fingerprint density at radius 1 is 1.50 bits per heavy atom. The van der Waals surface area contributed by atoms with E-state index in [9.17, 15) is 0 Å². The molecule has 0 rings (SSSR count). The van der Waals surface area contributed by atoms with Crippen LogP contribution in [-0.2, 0) is 0 Å². The zero-order chi connectivity index (χ0) is 8.15. The number of nitrogens with two attached hydrogens (primary N) is 1. The second-order valence-electron chi connectivity index (χ2n) is 2.66. The van der Waals surface area contributed by atoms with Crippen molar-refractivity contribution in [1.82, 2.24) is 5.32 Å². The SMILES string of the molecule is CN=C(N)[C@@H](NC)C(C)C. The number of hydrogen-bond acceptors (Lipinski definition) is 2. The normalized spacial score (nSPS) is 15.9. The molecule has 1 atom stereocenters. The van der Waals surface area contributed by atoms with E-state index in [2.05, 4.69) is 24.2 Å². The molecular weight excluding hydrogens is 126 g/mol. The van der Waals surface area contributed by atoms with Crippen molar-refractivity contribution < 1.29 is 0 Å². The zero-order valence-corrected chi connectivity index (χ0v) is 7.18. The van der Waals surface area contributed by atoms with Gasteiger partial charge in [-0.05, 0) is 13.0 Å². The Morgan fingerprint density at radius 3 is 2.10 bits per heavy atom. The van der Waals surface area contributed by atoms with Gasteiger partial charge in [-0.2, -0.15) is 0 Å². The Hall–Kier alpha value is -0.570. The third-order valence-electron chi connectivity index (χ3n) is 1.55. The standard InChI is InChI=1S/C7H17N3/c1-5(2)6(9-3)7(8)10-4/h5-6,9H,1-4H3,(H2,8,10)/t6-/m0/s1. The molecule has 0 saturated carbocycles. The Kier molecular flexibility index (Phi) is 4.03. The van der Waals surface area contributed by atoms with Gasteiger partial charge in [-0.25, -0.2) is 0 Å². The number of rotatable bonds is 3. The molecule has 0 amide bonds. The summed E-state index contributed by atoms with van der Waals surface area (Å²) in [6, 6.07) is 0.213. The number of nitrogens with one attached hydrogen (secondary N) is 1. The molecule has 0 fully saturated rings. The maximum atomic E-state index is 5.62. The first-order chi connectivity index (χ1) is 4.63. The third-order valence-corrected chi connectivity index (χ3v) is 1.55. The van der Waals surface area contributed by atoms with Gasteiger partial charge in [-0.1, -0.05) is 13.8 Å². The first kappa shape index (κ1) is 9.43. The number of aliphatic imine (C=N–C) groups is 1. The summed E-state index contributed by atoms with van der Waals surface area (Å²) in [6.45, 7) is 4.22. The van der Waals surface area contributed by atoms with Gasteiger partial charge in [0.05, 0.1) is 6.04 Å². The van der Waals surface area contributed by atoms with Crippen molar-refractivity contribution >= 4 is 5.84 Å². The fourth-order valence-electron chi connectivity index (χ4n) is 0.962. The van der Waals surface area contributed by atoms with Crippen LogP contribution >= 0.6 is 0 Å². The average Bonchev–Trinajstić information content (AvgIpc) is 1.88. The van der Waals surface area contributed by atoms with Crippen LogP contribution in [0.2, 0.25) is 0 Å². The quantitative estimate of drug-likeness (QED) is 0.438. The summed E-state index contributed by atoms with van der Waals surface area (Å²) >= 11 is 0. The van der Waals surface area contributed by atoms with Gasteiger partial charge in [0.1, 0.15) is 5.84 Å². The lowest BCUT2D eigenvalue weighted by molar-refractivity contribution is 0.520. The Labute approximate surface area is 62.7 Å². The Morgan fingerprint density at radius 2 is 2.00 bits per heavy atom. The molecule has 0 aliphatic heterocycles. The predicted molar refractivity (Wildman–Crippen MR) is 45.2 cm³/mol. The molecule has 60 valence electrons. The summed E-state index contributed by atoms with van der Waals surface area (Å²) in [7, 11) is 3.60. The van der Waals surface area contributed by atoms with Crippen molar-refractivity contribution in [3.63, 3.8) is 0 Å². The second-order valence-corrected chi connectivity index (χ2v) is 2.66. The monoisotopic (exact) mass is 143 g/mol. The highest BCUT2D eigenvalue weighted by Gasteiger charge is 2.13. The molecule has 10 heavy (non-hydrogen) atoms. The van der Waals surface area contributed by atoms with E-state index >= 15 is 0 Å². The molecule has 0 aromatic carbocycles. The zero-order valence-electron chi connectivity index (χ0n) is 7.18. The van der Waals surface area contributed by atoms with Gasteiger partial charge in [-0.15, -0.1) is 0 Å². The maximum Gasteiger partial charge on any atom is 0.111 e. The number of hydrogen-bond donors (Lipinski definition) is 2. The summed E-state index contributed by atoms with van der Waals surface area (Å²) in [4.78, 5) is 3.91. The van der Waals surface area contributed by atoms with Crippen molar-refractivity contribution in [2.24, 2.45) is 16.6 Å². The van der Waals surface area contributed by atoms with Crippen LogP contribution in [-0.4, -0.2) is 26.0 Å². The van der Waals surface area contributed by atoms with Crippen molar-refractivity contribution in [2.45, 2.75) is 19.9 Å². The van der Waals surface area contributed by atoms with Gasteiger partial charge in [0, 0.05) is 7.05 Å².